The van der Waals surface area contributed by atoms with Crippen molar-refractivity contribution < 1.29 is 4.42 Å². The minimum atomic E-state index is 0.130. The molecule has 0 aromatic carbocycles. The van der Waals surface area contributed by atoms with Gasteiger partial charge in [-0.15, -0.1) is 5.10 Å². The second-order valence-corrected chi connectivity index (χ2v) is 5.27. The maximum Gasteiger partial charge on any atom is 0.159 e. The molecule has 0 saturated heterocycles. The third kappa shape index (κ3) is 3.14. The molecule has 0 radical (unpaired) electrons. The Morgan fingerprint density at radius 2 is 2.20 bits per heavy atom. The van der Waals surface area contributed by atoms with E-state index in [0.29, 0.717) is 10.8 Å². The van der Waals surface area contributed by atoms with E-state index in [1.165, 1.54) is 0 Å². The molecule has 0 spiro atoms. The van der Waals surface area contributed by atoms with Crippen LogP contribution in [0.4, 0.5) is 5.82 Å². The number of hydrogen-bond donors (Lipinski definition) is 2. The van der Waals surface area contributed by atoms with Gasteiger partial charge in [0, 0.05) is 12.5 Å². The lowest BCUT2D eigenvalue weighted by molar-refractivity contribution is 0.497. The molecule has 0 aliphatic heterocycles. The summed E-state index contributed by atoms with van der Waals surface area (Å²) < 4.78 is 5.34. The molecule has 0 fully saturated rings. The highest BCUT2D eigenvalue weighted by molar-refractivity contribution is 7.80. The van der Waals surface area contributed by atoms with Crippen LogP contribution >= 0.6 is 12.2 Å². The SMILES string of the molecule is Cc1nnc(NC(C)Cc2ccco2)c(C(N)=S)c1C. The van der Waals surface area contributed by atoms with Crippen LogP contribution in [0.5, 0.6) is 0 Å². The van der Waals surface area contributed by atoms with Gasteiger partial charge in [-0.1, -0.05) is 12.2 Å². The minimum absolute atomic E-state index is 0.130. The van der Waals surface area contributed by atoms with Crippen molar-refractivity contribution in [2.24, 2.45) is 5.73 Å². The van der Waals surface area contributed by atoms with E-state index in [2.05, 4.69) is 15.5 Å². The summed E-state index contributed by atoms with van der Waals surface area (Å²) in [6, 6.07) is 3.95. The van der Waals surface area contributed by atoms with Gasteiger partial charge in [0.25, 0.3) is 0 Å². The lowest BCUT2D eigenvalue weighted by atomic mass is 10.1. The van der Waals surface area contributed by atoms with Gasteiger partial charge in [0.1, 0.15) is 10.7 Å². The monoisotopic (exact) mass is 290 g/mol. The van der Waals surface area contributed by atoms with Gasteiger partial charge in [-0.3, -0.25) is 0 Å². The molecule has 0 bridgehead atoms. The zero-order chi connectivity index (χ0) is 14.7. The Labute approximate surface area is 123 Å². The molecule has 5 nitrogen and oxygen atoms in total. The van der Waals surface area contributed by atoms with Crippen molar-refractivity contribution in [3.8, 4) is 0 Å². The summed E-state index contributed by atoms with van der Waals surface area (Å²) in [7, 11) is 0. The predicted octanol–water partition coefficient (Wildman–Crippen LogP) is 2.36. The van der Waals surface area contributed by atoms with Crippen LogP contribution in [0, 0.1) is 13.8 Å². The quantitative estimate of drug-likeness (QED) is 0.823. The smallest absolute Gasteiger partial charge is 0.159 e. The molecule has 0 saturated carbocycles. The summed E-state index contributed by atoms with van der Waals surface area (Å²) >= 11 is 5.12. The third-order valence-corrected chi connectivity index (χ3v) is 3.38. The Balaban J connectivity index is 2.20. The van der Waals surface area contributed by atoms with Gasteiger partial charge in [-0.05, 0) is 38.5 Å². The number of thiocarbonyl (C=S) groups is 1. The molecule has 0 aliphatic carbocycles. The highest BCUT2D eigenvalue weighted by Crippen LogP contribution is 2.19. The number of nitrogens with one attached hydrogen (secondary N) is 1. The van der Waals surface area contributed by atoms with E-state index in [-0.39, 0.29) is 6.04 Å². The van der Waals surface area contributed by atoms with Gasteiger partial charge in [-0.2, -0.15) is 5.10 Å². The number of nitrogens with two attached hydrogens (primary N) is 1. The molecule has 0 amide bonds. The first-order valence-corrected chi connectivity index (χ1v) is 6.82. The molecular formula is C14H18N4OS. The average molecular weight is 290 g/mol. The van der Waals surface area contributed by atoms with Crippen LogP contribution in [0.2, 0.25) is 0 Å². The summed E-state index contributed by atoms with van der Waals surface area (Å²) in [5.74, 6) is 1.54. The molecule has 1 atom stereocenters. The molecule has 106 valence electrons. The van der Waals surface area contributed by atoms with E-state index in [1.54, 1.807) is 6.26 Å². The summed E-state index contributed by atoms with van der Waals surface area (Å²) in [5.41, 5.74) is 8.35. The number of aryl methyl sites for hydroxylation is 1. The minimum Gasteiger partial charge on any atom is -0.469 e. The Morgan fingerprint density at radius 3 is 2.80 bits per heavy atom. The summed E-state index contributed by atoms with van der Waals surface area (Å²) in [6.07, 6.45) is 2.41. The molecule has 3 N–H and O–H groups in total. The lowest BCUT2D eigenvalue weighted by Crippen LogP contribution is -2.24. The number of aromatic nitrogens is 2. The fourth-order valence-corrected chi connectivity index (χ4v) is 2.28. The van der Waals surface area contributed by atoms with Gasteiger partial charge < -0.3 is 15.5 Å². The largest absolute Gasteiger partial charge is 0.469 e. The molecule has 2 aromatic heterocycles. The van der Waals surface area contributed by atoms with Crippen molar-refractivity contribution in [1.82, 2.24) is 10.2 Å². The van der Waals surface area contributed by atoms with Crippen molar-refractivity contribution >= 4 is 23.0 Å². The van der Waals surface area contributed by atoms with Crippen LogP contribution in [0.1, 0.15) is 29.5 Å². The molecule has 2 heterocycles. The van der Waals surface area contributed by atoms with Gasteiger partial charge in [0.05, 0.1) is 17.5 Å². The van der Waals surface area contributed by atoms with Crippen molar-refractivity contribution in [3.05, 3.63) is 41.0 Å². The Bertz CT molecular complexity index is 610. The summed E-state index contributed by atoms with van der Waals surface area (Å²) in [5, 5.41) is 11.6. The van der Waals surface area contributed by atoms with Crippen LogP contribution in [-0.2, 0) is 6.42 Å². The standard InChI is InChI=1S/C14H18N4OS/c1-8(7-11-5-4-6-19-11)16-14-12(13(15)20)9(2)10(3)17-18-14/h4-6,8H,7H2,1-3H3,(H2,15,20)(H,16,18). The van der Waals surface area contributed by atoms with E-state index in [9.17, 15) is 0 Å². The molecule has 20 heavy (non-hydrogen) atoms. The molecular weight excluding hydrogens is 272 g/mol. The third-order valence-electron chi connectivity index (χ3n) is 3.17. The van der Waals surface area contributed by atoms with Crippen LogP contribution in [0.15, 0.2) is 22.8 Å². The Hall–Kier alpha value is -1.95. The van der Waals surface area contributed by atoms with E-state index in [1.807, 2.05) is 32.9 Å². The average Bonchev–Trinajstić information content (AvgIpc) is 2.86. The first-order valence-electron chi connectivity index (χ1n) is 6.41. The van der Waals surface area contributed by atoms with Gasteiger partial charge >= 0.3 is 0 Å². The number of nitrogens with zero attached hydrogens (tertiary/aromatic N) is 2. The van der Waals surface area contributed by atoms with Crippen LogP contribution < -0.4 is 11.1 Å². The summed E-state index contributed by atoms with van der Waals surface area (Å²) in [4.78, 5) is 0.327. The molecule has 2 aromatic rings. The van der Waals surface area contributed by atoms with Crippen molar-refractivity contribution in [2.45, 2.75) is 33.2 Å². The Kier molecular flexibility index (Phi) is 4.34. The lowest BCUT2D eigenvalue weighted by Gasteiger charge is -2.17. The zero-order valence-electron chi connectivity index (χ0n) is 11.8. The molecule has 2 rings (SSSR count). The number of furan rings is 1. The van der Waals surface area contributed by atoms with Crippen molar-refractivity contribution in [3.63, 3.8) is 0 Å². The number of rotatable bonds is 5. The second-order valence-electron chi connectivity index (χ2n) is 4.83. The van der Waals surface area contributed by atoms with Crippen molar-refractivity contribution in [1.29, 1.82) is 0 Å². The van der Waals surface area contributed by atoms with E-state index in [4.69, 9.17) is 22.4 Å². The molecule has 6 heteroatoms. The normalized spacial score (nSPS) is 12.2. The second kappa shape index (κ2) is 6.00. The highest BCUT2D eigenvalue weighted by atomic mass is 32.1. The van der Waals surface area contributed by atoms with Gasteiger partial charge in [0.15, 0.2) is 5.82 Å². The van der Waals surface area contributed by atoms with E-state index < -0.39 is 0 Å². The zero-order valence-corrected chi connectivity index (χ0v) is 12.6. The fourth-order valence-electron chi connectivity index (χ4n) is 2.03. The maximum atomic E-state index is 5.80. The first-order chi connectivity index (χ1) is 9.49. The number of hydrogen-bond acceptors (Lipinski definition) is 5. The highest BCUT2D eigenvalue weighted by Gasteiger charge is 2.16. The predicted molar refractivity (Wildman–Crippen MR) is 82.9 cm³/mol. The van der Waals surface area contributed by atoms with E-state index in [0.717, 1.165) is 29.0 Å². The summed E-state index contributed by atoms with van der Waals surface area (Å²) in [6.45, 7) is 5.88. The van der Waals surface area contributed by atoms with Crippen molar-refractivity contribution in [2.75, 3.05) is 5.32 Å². The number of anilines is 1. The Morgan fingerprint density at radius 1 is 1.45 bits per heavy atom. The molecule has 0 aliphatic rings. The van der Waals surface area contributed by atoms with Crippen LogP contribution in [0.3, 0.4) is 0 Å². The fraction of sp³-hybridized carbons (Fsp3) is 0.357. The van der Waals surface area contributed by atoms with Crippen LogP contribution in [0.25, 0.3) is 0 Å². The van der Waals surface area contributed by atoms with Gasteiger partial charge in [0.2, 0.25) is 0 Å². The first kappa shape index (κ1) is 14.5. The maximum absolute atomic E-state index is 5.80. The molecule has 1 unspecified atom stereocenters. The topological polar surface area (TPSA) is 77.0 Å². The van der Waals surface area contributed by atoms with E-state index >= 15 is 0 Å². The van der Waals surface area contributed by atoms with Gasteiger partial charge in [-0.25, -0.2) is 0 Å². The van der Waals surface area contributed by atoms with Crippen LogP contribution in [-0.4, -0.2) is 21.2 Å².